The van der Waals surface area contributed by atoms with E-state index in [1.54, 1.807) is 18.6 Å². The maximum atomic E-state index is 11.1. The lowest BCUT2D eigenvalue weighted by molar-refractivity contribution is 0.142. The molecule has 1 aliphatic heterocycles. The molecular formula is C20H20N6O2. The van der Waals surface area contributed by atoms with Crippen molar-refractivity contribution in [3.63, 3.8) is 0 Å². The lowest BCUT2D eigenvalue weighted by Crippen LogP contribution is -2.48. The molecule has 0 radical (unpaired) electrons. The van der Waals surface area contributed by atoms with Gasteiger partial charge in [-0.3, -0.25) is 4.98 Å². The van der Waals surface area contributed by atoms with Crippen LogP contribution in [0.25, 0.3) is 11.3 Å². The minimum absolute atomic E-state index is 0.509. The highest BCUT2D eigenvalue weighted by atomic mass is 16.4. The lowest BCUT2D eigenvalue weighted by atomic mass is 10.1. The second kappa shape index (κ2) is 7.91. The first-order valence-corrected chi connectivity index (χ1v) is 9.02. The zero-order chi connectivity index (χ0) is 19.3. The van der Waals surface area contributed by atoms with Gasteiger partial charge < -0.3 is 20.2 Å². The predicted molar refractivity (Wildman–Crippen MR) is 107 cm³/mol. The zero-order valence-corrected chi connectivity index (χ0v) is 15.2. The van der Waals surface area contributed by atoms with Crippen molar-refractivity contribution in [3.05, 3.63) is 61.1 Å². The molecule has 1 amide bonds. The quantitative estimate of drug-likeness (QED) is 0.722. The number of carbonyl (C=O) groups is 1. The number of benzene rings is 1. The minimum atomic E-state index is -0.856. The van der Waals surface area contributed by atoms with Gasteiger partial charge >= 0.3 is 6.09 Å². The third kappa shape index (κ3) is 4.01. The molecule has 0 bridgehead atoms. The fourth-order valence-corrected chi connectivity index (χ4v) is 3.18. The molecule has 3 heterocycles. The fourth-order valence-electron chi connectivity index (χ4n) is 3.18. The van der Waals surface area contributed by atoms with Crippen LogP contribution in [0.4, 0.5) is 22.1 Å². The van der Waals surface area contributed by atoms with Gasteiger partial charge in [0.1, 0.15) is 11.6 Å². The maximum Gasteiger partial charge on any atom is 0.407 e. The van der Waals surface area contributed by atoms with Gasteiger partial charge in [0, 0.05) is 49.8 Å². The van der Waals surface area contributed by atoms with Crippen molar-refractivity contribution in [2.45, 2.75) is 0 Å². The molecule has 8 heteroatoms. The summed E-state index contributed by atoms with van der Waals surface area (Å²) in [4.78, 5) is 27.7. The summed E-state index contributed by atoms with van der Waals surface area (Å²) in [5, 5.41) is 12.3. The fraction of sp³-hybridized carbons (Fsp3) is 0.200. The van der Waals surface area contributed by atoms with Crippen LogP contribution in [0.3, 0.4) is 0 Å². The molecule has 1 aromatic carbocycles. The van der Waals surface area contributed by atoms with E-state index in [-0.39, 0.29) is 0 Å². The molecule has 8 nitrogen and oxygen atoms in total. The van der Waals surface area contributed by atoms with E-state index in [2.05, 4.69) is 31.2 Å². The van der Waals surface area contributed by atoms with Crippen molar-refractivity contribution in [3.8, 4) is 11.3 Å². The second-order valence-electron chi connectivity index (χ2n) is 6.43. The maximum absolute atomic E-state index is 11.1. The molecule has 28 heavy (non-hydrogen) atoms. The third-order valence-electron chi connectivity index (χ3n) is 4.63. The first-order chi connectivity index (χ1) is 13.7. The normalized spacial score (nSPS) is 14.0. The molecule has 1 fully saturated rings. The summed E-state index contributed by atoms with van der Waals surface area (Å²) in [6.07, 6.45) is 4.03. The van der Waals surface area contributed by atoms with E-state index in [0.717, 1.165) is 16.9 Å². The topological polar surface area (TPSA) is 94.5 Å². The van der Waals surface area contributed by atoms with Gasteiger partial charge in [-0.15, -0.1) is 0 Å². The molecule has 0 spiro atoms. The number of anilines is 3. The van der Waals surface area contributed by atoms with Gasteiger partial charge in [0.05, 0.1) is 11.9 Å². The van der Waals surface area contributed by atoms with E-state index >= 15 is 0 Å². The van der Waals surface area contributed by atoms with Crippen LogP contribution in [-0.2, 0) is 0 Å². The molecular weight excluding hydrogens is 356 g/mol. The molecule has 3 aromatic rings. The molecule has 0 unspecified atom stereocenters. The van der Waals surface area contributed by atoms with Crippen molar-refractivity contribution in [2.24, 2.45) is 0 Å². The highest BCUT2D eigenvalue weighted by molar-refractivity contribution is 5.68. The number of amides is 1. The number of carboxylic acid groups (broad SMARTS) is 1. The summed E-state index contributed by atoms with van der Waals surface area (Å²) in [5.74, 6) is 1.33. The minimum Gasteiger partial charge on any atom is -0.465 e. The standard InChI is InChI=1S/C20H20N6O2/c27-20(28)26-11-9-25(10-12-26)16-4-1-3-15(13-16)17-5-2-6-18(23-17)24-19-14-21-7-8-22-19/h1-8,13-14H,9-12H2,(H,27,28)(H,22,23,24). The van der Waals surface area contributed by atoms with Crippen molar-refractivity contribution in [1.82, 2.24) is 19.9 Å². The first-order valence-electron chi connectivity index (χ1n) is 9.02. The Labute approximate surface area is 162 Å². The zero-order valence-electron chi connectivity index (χ0n) is 15.2. The van der Waals surface area contributed by atoms with Crippen LogP contribution in [0.15, 0.2) is 61.1 Å². The Morgan fingerprint density at radius 1 is 1.00 bits per heavy atom. The van der Waals surface area contributed by atoms with Crippen LogP contribution < -0.4 is 10.2 Å². The Bertz CT molecular complexity index is 958. The number of pyridine rings is 1. The van der Waals surface area contributed by atoms with Gasteiger partial charge in [-0.05, 0) is 24.3 Å². The van der Waals surface area contributed by atoms with E-state index in [0.29, 0.717) is 37.8 Å². The van der Waals surface area contributed by atoms with Gasteiger partial charge in [0.15, 0.2) is 0 Å². The summed E-state index contributed by atoms with van der Waals surface area (Å²) < 4.78 is 0. The Morgan fingerprint density at radius 2 is 1.82 bits per heavy atom. The number of piperazine rings is 1. The number of aromatic nitrogens is 3. The molecule has 0 saturated carbocycles. The van der Waals surface area contributed by atoms with Crippen LogP contribution in [0.2, 0.25) is 0 Å². The molecule has 142 valence electrons. The highest BCUT2D eigenvalue weighted by Crippen LogP contribution is 2.25. The summed E-state index contributed by atoms with van der Waals surface area (Å²) in [6.45, 7) is 2.37. The average Bonchev–Trinajstić information content (AvgIpc) is 2.75. The van der Waals surface area contributed by atoms with Gasteiger partial charge in [0.2, 0.25) is 0 Å². The van der Waals surface area contributed by atoms with Gasteiger partial charge in [-0.1, -0.05) is 18.2 Å². The van der Waals surface area contributed by atoms with Gasteiger partial charge in [0.25, 0.3) is 0 Å². The Morgan fingerprint density at radius 3 is 2.57 bits per heavy atom. The second-order valence-corrected chi connectivity index (χ2v) is 6.43. The smallest absolute Gasteiger partial charge is 0.407 e. The number of nitrogens with zero attached hydrogens (tertiary/aromatic N) is 5. The van der Waals surface area contributed by atoms with E-state index in [9.17, 15) is 4.79 Å². The molecule has 2 aromatic heterocycles. The predicted octanol–water partition coefficient (Wildman–Crippen LogP) is 3.08. The molecule has 0 aliphatic carbocycles. The molecule has 0 atom stereocenters. The summed E-state index contributed by atoms with van der Waals surface area (Å²) >= 11 is 0. The van der Waals surface area contributed by atoms with E-state index in [4.69, 9.17) is 5.11 Å². The van der Waals surface area contributed by atoms with Gasteiger partial charge in [-0.2, -0.15) is 0 Å². The van der Waals surface area contributed by atoms with Crippen LogP contribution in [0, 0.1) is 0 Å². The first kappa shape index (κ1) is 17.7. The van der Waals surface area contributed by atoms with E-state index in [1.807, 2.05) is 36.4 Å². The van der Waals surface area contributed by atoms with Crippen LogP contribution in [0.5, 0.6) is 0 Å². The number of hydrogen-bond donors (Lipinski definition) is 2. The Balaban J connectivity index is 1.52. The largest absolute Gasteiger partial charge is 0.465 e. The average molecular weight is 376 g/mol. The van der Waals surface area contributed by atoms with Crippen molar-refractivity contribution in [2.75, 3.05) is 36.4 Å². The molecule has 1 saturated heterocycles. The lowest BCUT2D eigenvalue weighted by Gasteiger charge is -2.34. The molecule has 2 N–H and O–H groups in total. The number of nitrogens with one attached hydrogen (secondary N) is 1. The summed E-state index contributed by atoms with van der Waals surface area (Å²) in [5.41, 5.74) is 2.91. The summed E-state index contributed by atoms with van der Waals surface area (Å²) in [7, 11) is 0. The summed E-state index contributed by atoms with van der Waals surface area (Å²) in [6, 6.07) is 13.9. The monoisotopic (exact) mass is 376 g/mol. The van der Waals surface area contributed by atoms with Crippen molar-refractivity contribution >= 4 is 23.4 Å². The van der Waals surface area contributed by atoms with Crippen molar-refractivity contribution in [1.29, 1.82) is 0 Å². The van der Waals surface area contributed by atoms with Crippen molar-refractivity contribution < 1.29 is 9.90 Å². The van der Waals surface area contributed by atoms with Gasteiger partial charge in [-0.25, -0.2) is 14.8 Å². The van der Waals surface area contributed by atoms with Crippen LogP contribution in [-0.4, -0.2) is 57.2 Å². The van der Waals surface area contributed by atoms with E-state index < -0.39 is 6.09 Å². The van der Waals surface area contributed by atoms with Crippen LogP contribution in [0.1, 0.15) is 0 Å². The van der Waals surface area contributed by atoms with E-state index in [1.165, 1.54) is 4.90 Å². The number of hydrogen-bond acceptors (Lipinski definition) is 6. The number of rotatable bonds is 4. The Kier molecular flexibility index (Phi) is 5.01. The highest BCUT2D eigenvalue weighted by Gasteiger charge is 2.20. The Hall–Kier alpha value is -3.68. The third-order valence-corrected chi connectivity index (χ3v) is 4.63. The molecule has 4 rings (SSSR count). The van der Waals surface area contributed by atoms with Crippen LogP contribution >= 0.6 is 0 Å². The SMILES string of the molecule is O=C(O)N1CCN(c2cccc(-c3cccc(Nc4cnccn4)n3)c2)CC1. The molecule has 1 aliphatic rings.